The monoisotopic (exact) mass is 754 g/mol. The van der Waals surface area contributed by atoms with E-state index in [-0.39, 0.29) is 36.6 Å². The van der Waals surface area contributed by atoms with Crippen molar-refractivity contribution in [2.45, 2.75) is 63.1 Å². The highest BCUT2D eigenvalue weighted by Crippen LogP contribution is 2.28. The maximum Gasteiger partial charge on any atom is 0.410 e. The van der Waals surface area contributed by atoms with Gasteiger partial charge in [0.2, 0.25) is 0 Å². The van der Waals surface area contributed by atoms with Gasteiger partial charge in [0.05, 0.1) is 10.9 Å². The van der Waals surface area contributed by atoms with Crippen molar-refractivity contribution in [2.75, 3.05) is 70.8 Å². The van der Waals surface area contributed by atoms with E-state index in [0.29, 0.717) is 62.6 Å². The smallest absolute Gasteiger partial charge is 0.410 e. The van der Waals surface area contributed by atoms with Crippen LogP contribution in [0.4, 0.5) is 15.3 Å². The van der Waals surface area contributed by atoms with Crippen molar-refractivity contribution < 1.29 is 34.1 Å². The Bertz CT molecular complexity index is 1540. The first-order chi connectivity index (χ1) is 24.1. The van der Waals surface area contributed by atoms with Crippen LogP contribution in [-0.4, -0.2) is 142 Å². The Hall–Kier alpha value is -3.88. The second-order valence-corrected chi connectivity index (χ2v) is 14.5. The number of aliphatic carboxylic acids is 1. The lowest BCUT2D eigenvalue weighted by atomic mass is 10.0. The molecule has 4 aliphatic rings. The number of anilines is 1. The number of piperazine rings is 1. The number of nitrogens with one attached hydrogen (secondary N) is 1. The molecule has 0 spiro atoms. The molecule has 0 bridgehead atoms. The Morgan fingerprint density at radius 2 is 1.56 bits per heavy atom. The molecule has 13 nitrogen and oxygen atoms in total. The molecular weight excluding hydrogens is 708 g/mol. The van der Waals surface area contributed by atoms with E-state index in [1.54, 1.807) is 28.0 Å². The van der Waals surface area contributed by atoms with Gasteiger partial charge in [-0.05, 0) is 77.4 Å². The number of nitrogens with zero attached hydrogens (tertiary/aromatic N) is 5. The first-order valence-electron chi connectivity index (χ1n) is 17.7. The number of phenolic OH excluding ortho intramolecular Hbond substituents is 1. The quantitative estimate of drug-likeness (QED) is 0.348. The molecule has 0 aliphatic carbocycles. The van der Waals surface area contributed by atoms with Crippen LogP contribution in [0.15, 0.2) is 46.9 Å². The van der Waals surface area contributed by atoms with Gasteiger partial charge in [-0.15, -0.1) is 0 Å². The predicted octanol–water partition coefficient (Wildman–Crippen LogP) is 3.84. The molecule has 4 aliphatic heterocycles. The highest BCUT2D eigenvalue weighted by molar-refractivity contribution is 9.10. The molecule has 0 aromatic heterocycles. The maximum atomic E-state index is 14.0. The van der Waals surface area contributed by atoms with Gasteiger partial charge in [-0.3, -0.25) is 14.5 Å². The Morgan fingerprint density at radius 3 is 2.26 bits per heavy atom. The van der Waals surface area contributed by atoms with Crippen molar-refractivity contribution in [3.63, 3.8) is 0 Å². The molecule has 3 N–H and O–H groups in total. The number of urea groups is 1. The average Bonchev–Trinajstić information content (AvgIpc) is 3.30. The fourth-order valence-electron chi connectivity index (χ4n) is 7.63. The van der Waals surface area contributed by atoms with E-state index < -0.39 is 18.2 Å². The number of rotatable bonds is 9. The van der Waals surface area contributed by atoms with Crippen LogP contribution in [0.3, 0.4) is 0 Å². The third-order valence-electron chi connectivity index (χ3n) is 10.6. The molecule has 0 radical (unpaired) electrons. The number of carbonyl (C=O) groups excluding carboxylic acids is 3. The van der Waals surface area contributed by atoms with Crippen molar-refractivity contribution >= 4 is 45.6 Å². The van der Waals surface area contributed by atoms with E-state index >= 15 is 0 Å². The molecule has 2 aromatic carbocycles. The number of amides is 4. The first-order valence-corrected chi connectivity index (χ1v) is 18.5. The van der Waals surface area contributed by atoms with Gasteiger partial charge in [0, 0.05) is 89.6 Å². The number of phenols is 1. The molecular formula is C36H47BrN6O7. The zero-order chi connectivity index (χ0) is 35.2. The van der Waals surface area contributed by atoms with Gasteiger partial charge in [0.1, 0.15) is 5.75 Å². The van der Waals surface area contributed by atoms with E-state index in [1.165, 1.54) is 0 Å². The number of carboxylic acid groups (broad SMARTS) is 1. The van der Waals surface area contributed by atoms with Crippen molar-refractivity contribution in [2.24, 2.45) is 0 Å². The van der Waals surface area contributed by atoms with Crippen LogP contribution < -0.4 is 5.32 Å². The number of halogens is 1. The van der Waals surface area contributed by atoms with E-state index in [4.69, 9.17) is 9.84 Å². The number of fused-ring (bicyclic) bond motifs is 1. The summed E-state index contributed by atoms with van der Waals surface area (Å²) in [4.78, 5) is 61.5. The number of ether oxygens (including phenoxy) is 1. The van der Waals surface area contributed by atoms with Crippen molar-refractivity contribution in [3.05, 3.63) is 58.1 Å². The highest BCUT2D eigenvalue weighted by Gasteiger charge is 2.36. The lowest BCUT2D eigenvalue weighted by Gasteiger charge is -2.43. The number of para-hydroxylation sites is 1. The third-order valence-corrected chi connectivity index (χ3v) is 11.2. The Labute approximate surface area is 301 Å². The van der Waals surface area contributed by atoms with Crippen LogP contribution in [0.5, 0.6) is 5.75 Å². The molecule has 50 heavy (non-hydrogen) atoms. The van der Waals surface area contributed by atoms with E-state index in [9.17, 15) is 24.3 Å². The summed E-state index contributed by atoms with van der Waals surface area (Å²) in [6, 6.07) is 13.1. The predicted molar refractivity (Wildman–Crippen MR) is 190 cm³/mol. The van der Waals surface area contributed by atoms with Crippen LogP contribution in [0.25, 0.3) is 0 Å². The molecule has 3 saturated heterocycles. The highest BCUT2D eigenvalue weighted by atomic mass is 79.9. The molecule has 0 unspecified atom stereocenters. The minimum absolute atomic E-state index is 0.00541. The Kier molecular flexibility index (Phi) is 11.8. The number of aromatic hydroxyl groups is 1. The normalized spacial score (nSPS) is 20.5. The van der Waals surface area contributed by atoms with Gasteiger partial charge >= 0.3 is 18.1 Å². The minimum atomic E-state index is -1.03. The lowest BCUT2D eigenvalue weighted by molar-refractivity contribution is -0.143. The molecule has 1 atom stereocenters. The Morgan fingerprint density at radius 1 is 0.880 bits per heavy atom. The van der Waals surface area contributed by atoms with E-state index in [1.807, 2.05) is 29.2 Å². The van der Waals surface area contributed by atoms with Gasteiger partial charge in [0.25, 0.3) is 5.91 Å². The number of piperidine rings is 2. The number of hydrogen-bond donors (Lipinski definition) is 3. The number of benzene rings is 2. The van der Waals surface area contributed by atoms with Crippen molar-refractivity contribution in [3.8, 4) is 5.75 Å². The molecule has 3 fully saturated rings. The topological polar surface area (TPSA) is 146 Å². The number of hydrogen-bond acceptors (Lipinski definition) is 8. The van der Waals surface area contributed by atoms with Crippen LogP contribution in [0.2, 0.25) is 0 Å². The summed E-state index contributed by atoms with van der Waals surface area (Å²) < 4.78 is 6.50. The molecule has 4 amide bonds. The molecule has 2 aromatic rings. The Balaban J connectivity index is 1.04. The summed E-state index contributed by atoms with van der Waals surface area (Å²) in [5, 5.41) is 22.1. The second-order valence-electron chi connectivity index (χ2n) is 13.7. The standard InChI is InChI=1S/C36H47BrN6O7/c37-29-23-25(5-6-31(29)44)24-32(34(47)41-14-8-27(9-15-41)40-21-19-39(20-22-40)13-12-33(45)46)50-36(49)42-16-10-28(11-17-42)43-18-7-26-3-1-2-4-30(26)38-35(43)48/h1-6,23,27-28,32,44H,7-22,24H2,(H,38,48)(H,45,46)/t32-/m1/s1. The zero-order valence-corrected chi connectivity index (χ0v) is 29.9. The summed E-state index contributed by atoms with van der Waals surface area (Å²) in [5.41, 5.74) is 2.70. The summed E-state index contributed by atoms with van der Waals surface area (Å²) >= 11 is 3.35. The van der Waals surface area contributed by atoms with Gasteiger partial charge in [-0.25, -0.2) is 9.59 Å². The lowest BCUT2D eigenvalue weighted by Crippen LogP contribution is -2.55. The van der Waals surface area contributed by atoms with Gasteiger partial charge < -0.3 is 39.9 Å². The summed E-state index contributed by atoms with van der Waals surface area (Å²) in [6.07, 6.45) is 2.38. The van der Waals surface area contributed by atoms with Crippen LogP contribution >= 0.6 is 15.9 Å². The maximum absolute atomic E-state index is 14.0. The third kappa shape index (κ3) is 8.88. The first kappa shape index (κ1) is 35.9. The SMILES string of the molecule is O=C(O)CCN1CCN(C2CCN(C(=O)[C@@H](Cc3ccc(O)c(Br)c3)OC(=O)N3CCC(N4CCc5ccccc5NC4=O)CC3)CC2)CC1. The van der Waals surface area contributed by atoms with Crippen molar-refractivity contribution in [1.82, 2.24) is 24.5 Å². The number of likely N-dealkylation sites (tertiary alicyclic amines) is 2. The fourth-order valence-corrected chi connectivity index (χ4v) is 8.05. The van der Waals surface area contributed by atoms with Crippen LogP contribution in [-0.2, 0) is 27.2 Å². The van der Waals surface area contributed by atoms with E-state index in [2.05, 4.69) is 31.0 Å². The molecule has 6 rings (SSSR count). The van der Waals surface area contributed by atoms with Gasteiger partial charge in [-0.1, -0.05) is 24.3 Å². The number of carbonyl (C=O) groups is 4. The molecule has 14 heteroatoms. The summed E-state index contributed by atoms with van der Waals surface area (Å²) in [5.74, 6) is -0.917. The van der Waals surface area contributed by atoms with Crippen LogP contribution in [0.1, 0.15) is 43.2 Å². The minimum Gasteiger partial charge on any atom is -0.507 e. The number of carboxylic acids is 1. The van der Waals surface area contributed by atoms with Gasteiger partial charge in [0.15, 0.2) is 6.10 Å². The van der Waals surface area contributed by atoms with Gasteiger partial charge in [-0.2, -0.15) is 0 Å². The summed E-state index contributed by atoms with van der Waals surface area (Å²) in [7, 11) is 0. The molecule has 270 valence electrons. The second kappa shape index (κ2) is 16.4. The summed E-state index contributed by atoms with van der Waals surface area (Å²) in [6.45, 7) is 6.55. The average molecular weight is 756 g/mol. The van der Waals surface area contributed by atoms with Crippen molar-refractivity contribution in [1.29, 1.82) is 0 Å². The van der Waals surface area contributed by atoms with E-state index in [0.717, 1.165) is 62.3 Å². The molecule has 0 saturated carbocycles. The van der Waals surface area contributed by atoms with Crippen LogP contribution in [0, 0.1) is 0 Å². The molecule has 4 heterocycles. The fraction of sp³-hybridized carbons (Fsp3) is 0.556. The largest absolute Gasteiger partial charge is 0.507 e. The zero-order valence-electron chi connectivity index (χ0n) is 28.3.